The highest BCUT2D eigenvalue weighted by molar-refractivity contribution is 5.96. The molecule has 2 aromatic rings. The van der Waals surface area contributed by atoms with E-state index in [1.807, 2.05) is 6.92 Å². The van der Waals surface area contributed by atoms with Crippen molar-refractivity contribution >= 4 is 5.91 Å². The Hall–Kier alpha value is -2.11. The summed E-state index contributed by atoms with van der Waals surface area (Å²) in [5, 5.41) is 10.5. The molecule has 0 atom stereocenters. The van der Waals surface area contributed by atoms with Gasteiger partial charge in [0.1, 0.15) is 11.3 Å². The van der Waals surface area contributed by atoms with E-state index in [4.69, 9.17) is 4.52 Å². The van der Waals surface area contributed by atoms with Crippen molar-refractivity contribution in [3.05, 3.63) is 35.0 Å². The van der Waals surface area contributed by atoms with Crippen molar-refractivity contribution in [3.63, 3.8) is 0 Å². The van der Waals surface area contributed by atoms with Crippen LogP contribution in [0.4, 0.5) is 0 Å². The fourth-order valence-corrected chi connectivity index (χ4v) is 1.83. The minimum absolute atomic E-state index is 0.0770. The molecule has 0 saturated heterocycles. The molecule has 2 rings (SSSR count). The van der Waals surface area contributed by atoms with E-state index in [9.17, 15) is 4.79 Å². The van der Waals surface area contributed by atoms with Crippen LogP contribution in [-0.2, 0) is 13.0 Å². The van der Waals surface area contributed by atoms with Crippen LogP contribution in [0, 0.1) is 6.92 Å². The molecule has 2 heterocycles. The van der Waals surface area contributed by atoms with E-state index in [0.29, 0.717) is 30.0 Å². The monoisotopic (exact) mass is 248 g/mol. The number of aromatic nitrogens is 3. The van der Waals surface area contributed by atoms with E-state index in [2.05, 4.69) is 15.4 Å². The van der Waals surface area contributed by atoms with E-state index in [0.717, 1.165) is 5.56 Å². The van der Waals surface area contributed by atoms with Gasteiger partial charge in [-0.25, -0.2) is 0 Å². The molecule has 1 amide bonds. The summed E-state index contributed by atoms with van der Waals surface area (Å²) in [6.45, 7) is 4.21. The number of rotatable bonds is 4. The van der Waals surface area contributed by atoms with Gasteiger partial charge in [-0.05, 0) is 13.3 Å². The summed E-state index contributed by atoms with van der Waals surface area (Å²) in [6.07, 6.45) is 4.15. The summed E-state index contributed by atoms with van der Waals surface area (Å²) < 4.78 is 5.08. The highest BCUT2D eigenvalue weighted by Crippen LogP contribution is 2.17. The highest BCUT2D eigenvalue weighted by Gasteiger charge is 2.22. The van der Waals surface area contributed by atoms with Crippen LogP contribution in [0.25, 0.3) is 0 Å². The molecular formula is C12H16N4O2. The predicted molar refractivity (Wildman–Crippen MR) is 65.0 cm³/mol. The summed E-state index contributed by atoms with van der Waals surface area (Å²) in [5.74, 6) is 0.489. The predicted octanol–water partition coefficient (Wildman–Crippen LogP) is 1.54. The Bertz CT molecular complexity index is 530. The molecule has 0 aromatic carbocycles. The second-order valence-electron chi connectivity index (χ2n) is 4.18. The Kier molecular flexibility index (Phi) is 3.45. The van der Waals surface area contributed by atoms with Crippen molar-refractivity contribution in [3.8, 4) is 0 Å². The number of hydrogen-bond acceptors (Lipinski definition) is 4. The molecule has 0 bridgehead atoms. The van der Waals surface area contributed by atoms with Crippen LogP contribution in [0.15, 0.2) is 16.9 Å². The minimum Gasteiger partial charge on any atom is -0.361 e. The smallest absolute Gasteiger partial charge is 0.259 e. The highest BCUT2D eigenvalue weighted by atomic mass is 16.5. The standard InChI is InChI=1S/C12H16N4O2/c1-4-10-11(8(2)18-15-10)12(17)16(3)7-9-5-13-14-6-9/h5-6H,4,7H2,1-3H3,(H,13,14). The Morgan fingerprint density at radius 3 is 2.94 bits per heavy atom. The first kappa shape index (κ1) is 12.3. The molecule has 1 N–H and O–H groups in total. The number of aromatic amines is 1. The molecule has 0 fully saturated rings. The fraction of sp³-hybridized carbons (Fsp3) is 0.417. The molecule has 2 aromatic heterocycles. The maximum absolute atomic E-state index is 12.3. The zero-order valence-corrected chi connectivity index (χ0v) is 10.7. The van der Waals surface area contributed by atoms with Crippen molar-refractivity contribution in [2.24, 2.45) is 0 Å². The number of aryl methyl sites for hydroxylation is 2. The molecule has 0 aliphatic heterocycles. The largest absolute Gasteiger partial charge is 0.361 e. The molecule has 6 nitrogen and oxygen atoms in total. The summed E-state index contributed by atoms with van der Waals surface area (Å²) in [6, 6.07) is 0. The molecule has 0 spiro atoms. The van der Waals surface area contributed by atoms with Gasteiger partial charge in [0.05, 0.1) is 11.9 Å². The van der Waals surface area contributed by atoms with Crippen LogP contribution in [0.2, 0.25) is 0 Å². The van der Waals surface area contributed by atoms with Crippen LogP contribution >= 0.6 is 0 Å². The molecule has 0 aliphatic carbocycles. The maximum Gasteiger partial charge on any atom is 0.259 e. The second kappa shape index (κ2) is 5.03. The lowest BCUT2D eigenvalue weighted by atomic mass is 10.1. The van der Waals surface area contributed by atoms with E-state index < -0.39 is 0 Å². The molecule has 18 heavy (non-hydrogen) atoms. The lowest BCUT2D eigenvalue weighted by Crippen LogP contribution is -2.27. The first-order valence-corrected chi connectivity index (χ1v) is 5.81. The van der Waals surface area contributed by atoms with Gasteiger partial charge in [0.15, 0.2) is 0 Å². The van der Waals surface area contributed by atoms with Crippen molar-refractivity contribution < 1.29 is 9.32 Å². The van der Waals surface area contributed by atoms with E-state index >= 15 is 0 Å². The Morgan fingerprint density at radius 2 is 2.33 bits per heavy atom. The van der Waals surface area contributed by atoms with Crippen LogP contribution in [0.1, 0.15) is 34.3 Å². The molecule has 0 radical (unpaired) electrons. The van der Waals surface area contributed by atoms with Crippen molar-refractivity contribution in [1.29, 1.82) is 0 Å². The first-order chi connectivity index (χ1) is 8.63. The van der Waals surface area contributed by atoms with Gasteiger partial charge in [0.25, 0.3) is 5.91 Å². The van der Waals surface area contributed by atoms with Gasteiger partial charge in [0.2, 0.25) is 0 Å². The average molecular weight is 248 g/mol. The van der Waals surface area contributed by atoms with Gasteiger partial charge in [-0.2, -0.15) is 5.10 Å². The number of carbonyl (C=O) groups is 1. The zero-order chi connectivity index (χ0) is 13.1. The van der Waals surface area contributed by atoms with Gasteiger partial charge in [-0.1, -0.05) is 12.1 Å². The molecule has 0 unspecified atom stereocenters. The topological polar surface area (TPSA) is 75.0 Å². The molecule has 0 saturated carbocycles. The Labute approximate surface area is 105 Å². The van der Waals surface area contributed by atoms with Gasteiger partial charge in [0, 0.05) is 25.4 Å². The molecule has 96 valence electrons. The van der Waals surface area contributed by atoms with E-state index in [-0.39, 0.29) is 5.91 Å². The van der Waals surface area contributed by atoms with Gasteiger partial charge < -0.3 is 9.42 Å². The quantitative estimate of drug-likeness (QED) is 0.890. The minimum atomic E-state index is -0.0770. The lowest BCUT2D eigenvalue weighted by Gasteiger charge is -2.15. The summed E-state index contributed by atoms with van der Waals surface area (Å²) >= 11 is 0. The Balaban J connectivity index is 2.17. The van der Waals surface area contributed by atoms with Crippen LogP contribution in [-0.4, -0.2) is 33.2 Å². The first-order valence-electron chi connectivity index (χ1n) is 5.81. The van der Waals surface area contributed by atoms with Crippen molar-refractivity contribution in [1.82, 2.24) is 20.3 Å². The molecule has 0 aliphatic rings. The van der Waals surface area contributed by atoms with Gasteiger partial charge in [-0.15, -0.1) is 0 Å². The summed E-state index contributed by atoms with van der Waals surface area (Å²) in [7, 11) is 1.75. The molecular weight excluding hydrogens is 232 g/mol. The second-order valence-corrected chi connectivity index (χ2v) is 4.18. The number of nitrogens with one attached hydrogen (secondary N) is 1. The zero-order valence-electron chi connectivity index (χ0n) is 10.7. The third-order valence-electron chi connectivity index (χ3n) is 2.80. The Morgan fingerprint density at radius 1 is 1.56 bits per heavy atom. The van der Waals surface area contributed by atoms with Gasteiger partial charge in [-0.3, -0.25) is 9.89 Å². The van der Waals surface area contributed by atoms with Crippen LogP contribution in [0.5, 0.6) is 0 Å². The maximum atomic E-state index is 12.3. The number of nitrogens with zero attached hydrogens (tertiary/aromatic N) is 3. The number of H-pyrrole nitrogens is 1. The number of carbonyl (C=O) groups excluding carboxylic acids is 1. The van der Waals surface area contributed by atoms with Crippen molar-refractivity contribution in [2.45, 2.75) is 26.8 Å². The third kappa shape index (κ3) is 2.27. The van der Waals surface area contributed by atoms with E-state index in [1.54, 1.807) is 31.3 Å². The number of hydrogen-bond donors (Lipinski definition) is 1. The lowest BCUT2D eigenvalue weighted by molar-refractivity contribution is 0.0782. The van der Waals surface area contributed by atoms with Crippen LogP contribution in [0.3, 0.4) is 0 Å². The van der Waals surface area contributed by atoms with Crippen LogP contribution < -0.4 is 0 Å². The third-order valence-corrected chi connectivity index (χ3v) is 2.80. The summed E-state index contributed by atoms with van der Waals surface area (Å²) in [5.41, 5.74) is 2.23. The normalized spacial score (nSPS) is 10.6. The summed E-state index contributed by atoms with van der Waals surface area (Å²) in [4.78, 5) is 14.0. The SMILES string of the molecule is CCc1noc(C)c1C(=O)N(C)Cc1cn[nH]c1. The average Bonchev–Trinajstić information content (AvgIpc) is 2.97. The molecule has 6 heteroatoms. The van der Waals surface area contributed by atoms with Crippen molar-refractivity contribution in [2.75, 3.05) is 7.05 Å². The van der Waals surface area contributed by atoms with E-state index in [1.165, 1.54) is 0 Å². The number of amides is 1. The fourth-order valence-electron chi connectivity index (χ4n) is 1.83. The van der Waals surface area contributed by atoms with Gasteiger partial charge >= 0.3 is 0 Å².